The number of benzene rings is 1. The molecule has 3 heteroatoms. The van der Waals surface area contributed by atoms with Crippen LogP contribution < -0.4 is 5.32 Å². The van der Waals surface area contributed by atoms with Crippen LogP contribution in [0.25, 0.3) is 0 Å². The first-order valence-corrected chi connectivity index (χ1v) is 7.62. The first-order valence-electron chi connectivity index (χ1n) is 6.75. The van der Waals surface area contributed by atoms with Crippen molar-refractivity contribution in [2.45, 2.75) is 48.5 Å². The maximum atomic E-state index is 5.49. The second-order valence-electron chi connectivity index (χ2n) is 4.94. The van der Waals surface area contributed by atoms with Crippen LogP contribution in [-0.4, -0.2) is 25.5 Å². The molecule has 0 aliphatic heterocycles. The Morgan fingerprint density at radius 3 is 2.72 bits per heavy atom. The number of hydrogen-bond acceptors (Lipinski definition) is 3. The lowest BCUT2D eigenvalue weighted by molar-refractivity contribution is 0.0730. The molecule has 0 spiro atoms. The van der Waals surface area contributed by atoms with Crippen molar-refractivity contribution in [3.05, 3.63) is 29.8 Å². The molecule has 0 aromatic heterocycles. The highest BCUT2D eigenvalue weighted by Crippen LogP contribution is 2.34. The van der Waals surface area contributed by atoms with Crippen molar-refractivity contribution >= 4 is 11.8 Å². The predicted molar refractivity (Wildman–Crippen MR) is 78.1 cm³/mol. The van der Waals surface area contributed by atoms with Crippen molar-refractivity contribution in [2.24, 2.45) is 0 Å². The average Bonchev–Trinajstić information content (AvgIpc) is 2.42. The van der Waals surface area contributed by atoms with Crippen LogP contribution in [0.3, 0.4) is 0 Å². The van der Waals surface area contributed by atoms with Gasteiger partial charge in [-0.05, 0) is 50.4 Å². The normalized spacial score (nSPS) is 24.1. The summed E-state index contributed by atoms with van der Waals surface area (Å²) in [5.41, 5.74) is 1.35. The van der Waals surface area contributed by atoms with Gasteiger partial charge >= 0.3 is 0 Å². The Bertz CT molecular complexity index is 352. The minimum atomic E-state index is 0.472. The average molecular weight is 265 g/mol. The van der Waals surface area contributed by atoms with Gasteiger partial charge in [0, 0.05) is 23.8 Å². The Labute approximate surface area is 114 Å². The first kappa shape index (κ1) is 13.9. The Balaban J connectivity index is 1.88. The third-order valence-electron chi connectivity index (χ3n) is 3.52. The van der Waals surface area contributed by atoms with E-state index >= 15 is 0 Å². The number of ether oxygens (including phenoxy) is 1. The van der Waals surface area contributed by atoms with Gasteiger partial charge in [-0.15, -0.1) is 11.8 Å². The van der Waals surface area contributed by atoms with E-state index in [0.29, 0.717) is 6.10 Å². The van der Waals surface area contributed by atoms with Gasteiger partial charge in [0.25, 0.3) is 0 Å². The quantitative estimate of drug-likeness (QED) is 0.881. The third kappa shape index (κ3) is 4.01. The second kappa shape index (κ2) is 7.17. The molecule has 0 saturated heterocycles. The summed E-state index contributed by atoms with van der Waals surface area (Å²) in [6.45, 7) is 0.945. The molecule has 100 valence electrons. The number of hydrogen-bond donors (Lipinski definition) is 1. The van der Waals surface area contributed by atoms with Crippen molar-refractivity contribution in [3.8, 4) is 0 Å². The smallest absolute Gasteiger partial charge is 0.0582 e. The summed E-state index contributed by atoms with van der Waals surface area (Å²) in [6, 6.07) is 8.92. The third-order valence-corrected chi connectivity index (χ3v) is 4.82. The van der Waals surface area contributed by atoms with Gasteiger partial charge in [0.15, 0.2) is 0 Å². The molecule has 2 nitrogen and oxygen atoms in total. The largest absolute Gasteiger partial charge is 0.381 e. The molecule has 0 radical (unpaired) electrons. The molecule has 1 fully saturated rings. The summed E-state index contributed by atoms with van der Waals surface area (Å²) in [5, 5.41) is 3.90. The SMILES string of the molecule is CNCc1ccc(SC2CCCC(OC)C2)cc1. The minimum Gasteiger partial charge on any atom is -0.381 e. The zero-order valence-electron chi connectivity index (χ0n) is 11.3. The molecule has 2 unspecified atom stereocenters. The van der Waals surface area contributed by atoms with E-state index in [0.717, 1.165) is 11.8 Å². The Morgan fingerprint density at radius 2 is 2.06 bits per heavy atom. The highest BCUT2D eigenvalue weighted by Gasteiger charge is 2.22. The van der Waals surface area contributed by atoms with E-state index in [2.05, 4.69) is 29.6 Å². The predicted octanol–water partition coefficient (Wildman–Crippen LogP) is 3.46. The molecule has 18 heavy (non-hydrogen) atoms. The highest BCUT2D eigenvalue weighted by atomic mass is 32.2. The Hall–Kier alpha value is -0.510. The molecular weight excluding hydrogens is 242 g/mol. The van der Waals surface area contributed by atoms with Gasteiger partial charge in [0.1, 0.15) is 0 Å². The molecule has 0 amide bonds. The van der Waals surface area contributed by atoms with E-state index in [9.17, 15) is 0 Å². The fourth-order valence-corrected chi connectivity index (χ4v) is 3.78. The van der Waals surface area contributed by atoms with E-state index < -0.39 is 0 Å². The van der Waals surface area contributed by atoms with Crippen LogP contribution in [0.2, 0.25) is 0 Å². The van der Waals surface area contributed by atoms with Crippen molar-refractivity contribution < 1.29 is 4.74 Å². The Morgan fingerprint density at radius 1 is 1.28 bits per heavy atom. The molecule has 1 aromatic rings. The fourth-order valence-electron chi connectivity index (χ4n) is 2.51. The number of rotatable bonds is 5. The van der Waals surface area contributed by atoms with Gasteiger partial charge in [0.2, 0.25) is 0 Å². The van der Waals surface area contributed by atoms with Crippen LogP contribution in [0, 0.1) is 0 Å². The van der Waals surface area contributed by atoms with Crippen molar-refractivity contribution in [1.82, 2.24) is 5.32 Å². The van der Waals surface area contributed by atoms with Crippen LogP contribution in [0.5, 0.6) is 0 Å². The van der Waals surface area contributed by atoms with Crippen molar-refractivity contribution in [1.29, 1.82) is 0 Å². The molecule has 2 atom stereocenters. The summed E-state index contributed by atoms with van der Waals surface area (Å²) in [6.07, 6.45) is 5.52. The Kier molecular flexibility index (Phi) is 5.54. The van der Waals surface area contributed by atoms with Gasteiger partial charge in [0.05, 0.1) is 6.10 Å². The van der Waals surface area contributed by atoms with Crippen molar-refractivity contribution in [2.75, 3.05) is 14.2 Å². The van der Waals surface area contributed by atoms with E-state index in [4.69, 9.17) is 4.74 Å². The summed E-state index contributed by atoms with van der Waals surface area (Å²) in [5.74, 6) is 0. The van der Waals surface area contributed by atoms with E-state index in [1.807, 2.05) is 25.9 Å². The topological polar surface area (TPSA) is 21.3 Å². The van der Waals surface area contributed by atoms with Crippen LogP contribution in [-0.2, 0) is 11.3 Å². The van der Waals surface area contributed by atoms with E-state index in [1.54, 1.807) is 0 Å². The lowest BCUT2D eigenvalue weighted by atomic mass is 9.97. The summed E-state index contributed by atoms with van der Waals surface area (Å²) in [4.78, 5) is 1.39. The van der Waals surface area contributed by atoms with E-state index in [-0.39, 0.29) is 0 Å². The standard InChI is InChI=1S/C15H23NOS/c1-16-11-12-6-8-14(9-7-12)18-15-5-3-4-13(10-15)17-2/h6-9,13,15-16H,3-5,10-11H2,1-2H3. The highest BCUT2D eigenvalue weighted by molar-refractivity contribution is 8.00. The molecule has 1 N–H and O–H groups in total. The molecule has 0 bridgehead atoms. The molecule has 2 rings (SSSR count). The van der Waals surface area contributed by atoms with Gasteiger partial charge in [-0.1, -0.05) is 12.1 Å². The van der Waals surface area contributed by atoms with Gasteiger partial charge in [-0.2, -0.15) is 0 Å². The summed E-state index contributed by atoms with van der Waals surface area (Å²) >= 11 is 2.01. The van der Waals surface area contributed by atoms with Gasteiger partial charge < -0.3 is 10.1 Å². The number of methoxy groups -OCH3 is 1. The molecule has 1 aromatic carbocycles. The maximum absolute atomic E-state index is 5.49. The summed E-state index contributed by atoms with van der Waals surface area (Å²) < 4.78 is 5.49. The lowest BCUT2D eigenvalue weighted by Crippen LogP contribution is -2.23. The maximum Gasteiger partial charge on any atom is 0.0582 e. The fraction of sp³-hybridized carbons (Fsp3) is 0.600. The van der Waals surface area contributed by atoms with Crippen LogP contribution in [0.15, 0.2) is 29.2 Å². The molecule has 1 aliphatic carbocycles. The minimum absolute atomic E-state index is 0.472. The van der Waals surface area contributed by atoms with Gasteiger partial charge in [-0.25, -0.2) is 0 Å². The van der Waals surface area contributed by atoms with E-state index in [1.165, 1.54) is 36.1 Å². The zero-order valence-corrected chi connectivity index (χ0v) is 12.1. The monoisotopic (exact) mass is 265 g/mol. The number of thioether (sulfide) groups is 1. The molecule has 1 aliphatic rings. The van der Waals surface area contributed by atoms with Crippen molar-refractivity contribution in [3.63, 3.8) is 0 Å². The molecule has 1 saturated carbocycles. The van der Waals surface area contributed by atoms with Crippen LogP contribution in [0.1, 0.15) is 31.2 Å². The summed E-state index contributed by atoms with van der Waals surface area (Å²) in [7, 11) is 3.82. The van der Waals surface area contributed by atoms with Gasteiger partial charge in [-0.3, -0.25) is 0 Å². The second-order valence-corrected chi connectivity index (χ2v) is 6.31. The first-order chi connectivity index (χ1) is 8.81. The zero-order chi connectivity index (χ0) is 12.8. The molecule has 0 heterocycles. The van der Waals surface area contributed by atoms with Crippen LogP contribution >= 0.6 is 11.8 Å². The van der Waals surface area contributed by atoms with Crippen LogP contribution in [0.4, 0.5) is 0 Å². The lowest BCUT2D eigenvalue weighted by Gasteiger charge is -2.27. The number of nitrogens with one attached hydrogen (secondary N) is 1. The molecular formula is C15H23NOS.